The molecule has 110 valence electrons. The van der Waals surface area contributed by atoms with Gasteiger partial charge in [-0.1, -0.05) is 15.9 Å². The lowest BCUT2D eigenvalue weighted by Crippen LogP contribution is -2.23. The van der Waals surface area contributed by atoms with E-state index in [9.17, 15) is 4.79 Å². The van der Waals surface area contributed by atoms with Crippen LogP contribution in [-0.4, -0.2) is 38.1 Å². The molecule has 0 spiro atoms. The molecule has 0 saturated heterocycles. The molecule has 20 heavy (non-hydrogen) atoms. The van der Waals surface area contributed by atoms with Crippen molar-refractivity contribution in [3.63, 3.8) is 0 Å². The van der Waals surface area contributed by atoms with Gasteiger partial charge in [0.2, 0.25) is 5.91 Å². The van der Waals surface area contributed by atoms with Crippen LogP contribution in [0.15, 0.2) is 16.6 Å². The Morgan fingerprint density at radius 1 is 1.50 bits per heavy atom. The predicted molar refractivity (Wildman–Crippen MR) is 83.0 cm³/mol. The van der Waals surface area contributed by atoms with E-state index in [-0.39, 0.29) is 5.91 Å². The second-order valence-corrected chi connectivity index (χ2v) is 6.08. The minimum Gasteiger partial charge on any atom is -0.493 e. The Bertz CT molecular complexity index is 491. The van der Waals surface area contributed by atoms with Gasteiger partial charge in [0.25, 0.3) is 0 Å². The van der Waals surface area contributed by atoms with Crippen molar-refractivity contribution in [1.29, 1.82) is 0 Å². The molecule has 0 unspecified atom stereocenters. The minimum absolute atomic E-state index is 0.102. The summed E-state index contributed by atoms with van der Waals surface area (Å²) >= 11 is 3.56. The van der Waals surface area contributed by atoms with E-state index in [1.807, 2.05) is 0 Å². The summed E-state index contributed by atoms with van der Waals surface area (Å²) in [6, 6.07) is 4.26. The van der Waals surface area contributed by atoms with Gasteiger partial charge in [0, 0.05) is 36.5 Å². The maximum atomic E-state index is 11.2. The maximum absolute atomic E-state index is 11.2. The number of benzene rings is 1. The summed E-state index contributed by atoms with van der Waals surface area (Å²) in [6.45, 7) is 2.52. The third-order valence-electron chi connectivity index (χ3n) is 3.49. The highest BCUT2D eigenvalue weighted by molar-refractivity contribution is 9.10. The molecule has 0 bridgehead atoms. The second-order valence-electron chi connectivity index (χ2n) is 5.17. The summed E-state index contributed by atoms with van der Waals surface area (Å²) in [7, 11) is 3.75. The molecule has 0 saturated carbocycles. The molecular formula is C15H21BrN2O2. The van der Waals surface area contributed by atoms with Crippen LogP contribution in [0.4, 0.5) is 0 Å². The van der Waals surface area contributed by atoms with E-state index < -0.39 is 0 Å². The third-order valence-corrected chi connectivity index (χ3v) is 3.95. The second kappa shape index (κ2) is 7.09. The highest BCUT2D eigenvalue weighted by Gasteiger charge is 2.18. The minimum atomic E-state index is 0.102. The van der Waals surface area contributed by atoms with Gasteiger partial charge < -0.3 is 15.0 Å². The first kappa shape index (κ1) is 15.3. The smallest absolute Gasteiger partial charge is 0.219 e. The first-order valence-electron chi connectivity index (χ1n) is 6.93. The number of rotatable bonds is 6. The number of nitrogens with one attached hydrogen (secondary N) is 1. The predicted octanol–water partition coefficient (Wildman–Crippen LogP) is 2.34. The van der Waals surface area contributed by atoms with E-state index >= 15 is 0 Å². The van der Waals surface area contributed by atoms with Crippen LogP contribution >= 0.6 is 15.9 Å². The van der Waals surface area contributed by atoms with Crippen molar-refractivity contribution in [3.8, 4) is 5.75 Å². The van der Waals surface area contributed by atoms with Crippen molar-refractivity contribution in [2.75, 3.05) is 27.2 Å². The number of hydrogen-bond acceptors (Lipinski definition) is 3. The molecule has 0 atom stereocenters. The molecule has 1 aliphatic heterocycles. The molecule has 1 heterocycles. The van der Waals surface area contributed by atoms with Gasteiger partial charge >= 0.3 is 0 Å². The Morgan fingerprint density at radius 2 is 2.30 bits per heavy atom. The standard InChI is InChI=1S/C15H21BrN2O2/c1-17-14(19)4-3-6-18(2)10-12-9-13(16)8-11-5-7-20-15(11)12/h8-9H,3-7,10H2,1-2H3,(H,17,19). The van der Waals surface area contributed by atoms with Crippen LogP contribution in [0, 0.1) is 0 Å². The molecule has 2 rings (SSSR count). The fourth-order valence-electron chi connectivity index (χ4n) is 2.47. The van der Waals surface area contributed by atoms with Crippen LogP contribution in [0.5, 0.6) is 5.75 Å². The highest BCUT2D eigenvalue weighted by Crippen LogP contribution is 2.33. The van der Waals surface area contributed by atoms with Gasteiger partial charge in [-0.15, -0.1) is 0 Å². The summed E-state index contributed by atoms with van der Waals surface area (Å²) in [5.41, 5.74) is 2.50. The number of nitrogens with zero attached hydrogens (tertiary/aromatic N) is 1. The molecule has 1 amide bonds. The molecule has 0 radical (unpaired) electrons. The van der Waals surface area contributed by atoms with Gasteiger partial charge in [0.1, 0.15) is 5.75 Å². The lowest BCUT2D eigenvalue weighted by atomic mass is 10.1. The Balaban J connectivity index is 1.91. The Morgan fingerprint density at radius 3 is 3.05 bits per heavy atom. The number of halogens is 1. The Labute approximate surface area is 128 Å². The summed E-state index contributed by atoms with van der Waals surface area (Å²) < 4.78 is 6.84. The van der Waals surface area contributed by atoms with Crippen LogP contribution in [-0.2, 0) is 17.8 Å². The van der Waals surface area contributed by atoms with Crippen molar-refractivity contribution in [1.82, 2.24) is 10.2 Å². The van der Waals surface area contributed by atoms with E-state index in [2.05, 4.69) is 45.3 Å². The fraction of sp³-hybridized carbons (Fsp3) is 0.533. The van der Waals surface area contributed by atoms with E-state index in [0.717, 1.165) is 42.8 Å². The molecule has 0 fully saturated rings. The summed E-state index contributed by atoms with van der Waals surface area (Å²) in [4.78, 5) is 13.4. The lowest BCUT2D eigenvalue weighted by molar-refractivity contribution is -0.120. The number of ether oxygens (including phenoxy) is 1. The molecule has 1 aliphatic rings. The summed E-state index contributed by atoms with van der Waals surface area (Å²) in [5, 5.41) is 2.65. The van der Waals surface area contributed by atoms with Crippen molar-refractivity contribution in [3.05, 3.63) is 27.7 Å². The van der Waals surface area contributed by atoms with Crippen LogP contribution < -0.4 is 10.1 Å². The molecular weight excluding hydrogens is 320 g/mol. The quantitative estimate of drug-likeness (QED) is 0.864. The van der Waals surface area contributed by atoms with Crippen molar-refractivity contribution in [2.24, 2.45) is 0 Å². The summed E-state index contributed by atoms with van der Waals surface area (Å²) in [6.07, 6.45) is 2.43. The molecule has 4 nitrogen and oxygen atoms in total. The van der Waals surface area contributed by atoms with Gasteiger partial charge in [0.05, 0.1) is 6.61 Å². The van der Waals surface area contributed by atoms with Crippen molar-refractivity contribution >= 4 is 21.8 Å². The average Bonchev–Trinajstić information content (AvgIpc) is 2.86. The SMILES string of the molecule is CNC(=O)CCCN(C)Cc1cc(Br)cc2c1OCC2. The number of fused-ring (bicyclic) bond motifs is 1. The monoisotopic (exact) mass is 340 g/mol. The zero-order valence-electron chi connectivity index (χ0n) is 12.0. The van der Waals surface area contributed by atoms with E-state index in [1.54, 1.807) is 7.05 Å². The fourth-order valence-corrected chi connectivity index (χ4v) is 3.02. The van der Waals surface area contributed by atoms with Crippen molar-refractivity contribution < 1.29 is 9.53 Å². The van der Waals surface area contributed by atoms with Gasteiger partial charge in [0.15, 0.2) is 0 Å². The topological polar surface area (TPSA) is 41.6 Å². The van der Waals surface area contributed by atoms with Gasteiger partial charge in [-0.2, -0.15) is 0 Å². The van der Waals surface area contributed by atoms with Crippen LogP contribution in [0.2, 0.25) is 0 Å². The highest BCUT2D eigenvalue weighted by atomic mass is 79.9. The number of carbonyl (C=O) groups is 1. The number of amides is 1. The molecule has 0 aliphatic carbocycles. The third kappa shape index (κ3) is 3.96. The first-order chi connectivity index (χ1) is 9.60. The zero-order chi connectivity index (χ0) is 14.5. The van der Waals surface area contributed by atoms with E-state index in [4.69, 9.17) is 4.74 Å². The van der Waals surface area contributed by atoms with E-state index in [0.29, 0.717) is 6.42 Å². The van der Waals surface area contributed by atoms with Crippen LogP contribution in [0.3, 0.4) is 0 Å². The molecule has 1 aromatic carbocycles. The first-order valence-corrected chi connectivity index (χ1v) is 7.72. The van der Waals surface area contributed by atoms with Gasteiger partial charge in [-0.25, -0.2) is 0 Å². The summed E-state index contributed by atoms with van der Waals surface area (Å²) in [5.74, 6) is 1.15. The number of carbonyl (C=O) groups excluding carboxylic acids is 1. The normalized spacial score (nSPS) is 13.2. The molecule has 1 N–H and O–H groups in total. The van der Waals surface area contributed by atoms with Gasteiger partial charge in [-0.05, 0) is 37.7 Å². The van der Waals surface area contributed by atoms with E-state index in [1.165, 1.54) is 11.1 Å². The Hall–Kier alpha value is -1.07. The largest absolute Gasteiger partial charge is 0.493 e. The van der Waals surface area contributed by atoms with Gasteiger partial charge in [-0.3, -0.25) is 4.79 Å². The molecule has 0 aromatic heterocycles. The van der Waals surface area contributed by atoms with Crippen LogP contribution in [0.25, 0.3) is 0 Å². The average molecular weight is 341 g/mol. The number of hydrogen-bond donors (Lipinski definition) is 1. The molecule has 1 aromatic rings. The lowest BCUT2D eigenvalue weighted by Gasteiger charge is -2.18. The zero-order valence-corrected chi connectivity index (χ0v) is 13.6. The maximum Gasteiger partial charge on any atom is 0.219 e. The Kier molecular flexibility index (Phi) is 5.43. The van der Waals surface area contributed by atoms with Crippen LogP contribution in [0.1, 0.15) is 24.0 Å². The van der Waals surface area contributed by atoms with Crippen molar-refractivity contribution in [2.45, 2.75) is 25.8 Å². The molecule has 5 heteroatoms.